The third kappa shape index (κ3) is 6.46. The summed E-state index contributed by atoms with van der Waals surface area (Å²) < 4.78 is 8.07. The third-order valence-corrected chi connectivity index (χ3v) is 9.94. The predicted molar refractivity (Wildman–Crippen MR) is 173 cm³/mol. The summed E-state index contributed by atoms with van der Waals surface area (Å²) >= 11 is 0. The van der Waals surface area contributed by atoms with E-state index in [1.54, 1.807) is 4.90 Å². The molecule has 3 aliphatic heterocycles. The van der Waals surface area contributed by atoms with Crippen LogP contribution >= 0.6 is 0 Å². The number of nitrogen functional groups attached to an aromatic ring is 1. The third-order valence-electron chi connectivity index (χ3n) is 9.94. The number of anilines is 1. The van der Waals surface area contributed by atoms with Gasteiger partial charge in [0.2, 0.25) is 0 Å². The Morgan fingerprint density at radius 1 is 0.822 bits per heavy atom. The molecule has 2 aromatic carbocycles. The molecule has 11 heteroatoms. The number of carboxylic acid groups (broad SMARTS) is 1. The van der Waals surface area contributed by atoms with E-state index < -0.39 is 6.09 Å². The van der Waals surface area contributed by atoms with Gasteiger partial charge in [-0.05, 0) is 93.9 Å². The number of para-hydroxylation sites is 1. The number of carbonyl (C=O) groups is 1. The number of fused-ring (bicyclic) bond motifs is 1. The Balaban J connectivity index is 0.961. The highest BCUT2D eigenvalue weighted by Gasteiger charge is 2.31. The molecule has 3 saturated heterocycles. The second-order valence-electron chi connectivity index (χ2n) is 12.7. The summed E-state index contributed by atoms with van der Waals surface area (Å²) in [6, 6.07) is 18.5. The van der Waals surface area contributed by atoms with Gasteiger partial charge in [-0.25, -0.2) is 19.4 Å². The number of piperidine rings is 3. The fourth-order valence-electron chi connectivity index (χ4n) is 7.39. The van der Waals surface area contributed by atoms with Crippen LogP contribution in [0.25, 0.3) is 22.3 Å². The first-order chi connectivity index (χ1) is 22.0. The first kappa shape index (κ1) is 29.5. The standard InChI is InChI=1S/C34H42N8O3/c35-32-30-31(25-6-8-29(9-7-25)45-28-4-2-1-3-5-28)38-42(33(30)37-23-36-32)27-12-16-39(17-13-27)22-24-10-18-40(19-11-24)26-14-20-41(21-15-26)34(43)44/h1-9,23-24,26-27H,10-22H2,(H,43,44)(H2,35,36,37). The Bertz CT molecular complexity index is 1590. The lowest BCUT2D eigenvalue weighted by Gasteiger charge is -2.42. The molecule has 11 nitrogen and oxygen atoms in total. The molecule has 1 amide bonds. The van der Waals surface area contributed by atoms with Gasteiger partial charge in [-0.3, -0.25) is 0 Å². The first-order valence-corrected chi connectivity index (χ1v) is 16.3. The van der Waals surface area contributed by atoms with Crippen molar-refractivity contribution in [3.63, 3.8) is 0 Å². The second-order valence-corrected chi connectivity index (χ2v) is 12.7. The average molecular weight is 611 g/mol. The molecule has 3 fully saturated rings. The Hall–Kier alpha value is -4.22. The van der Waals surface area contributed by atoms with E-state index in [1.165, 1.54) is 19.2 Å². The molecular formula is C34H42N8O3. The van der Waals surface area contributed by atoms with Gasteiger partial charge in [0.15, 0.2) is 5.65 Å². The zero-order valence-electron chi connectivity index (χ0n) is 25.7. The smallest absolute Gasteiger partial charge is 0.407 e. The molecule has 45 heavy (non-hydrogen) atoms. The van der Waals surface area contributed by atoms with Crippen molar-refractivity contribution in [2.75, 3.05) is 51.5 Å². The van der Waals surface area contributed by atoms with Gasteiger partial charge in [-0.2, -0.15) is 5.10 Å². The zero-order chi connectivity index (χ0) is 30.8. The minimum atomic E-state index is -0.783. The first-order valence-electron chi connectivity index (χ1n) is 16.3. The molecule has 2 aromatic heterocycles. The van der Waals surface area contributed by atoms with Crippen molar-refractivity contribution in [1.82, 2.24) is 34.4 Å². The number of aromatic nitrogens is 4. The second kappa shape index (κ2) is 13.0. The van der Waals surface area contributed by atoms with Gasteiger partial charge >= 0.3 is 6.09 Å². The van der Waals surface area contributed by atoms with E-state index in [1.807, 2.05) is 54.6 Å². The van der Waals surface area contributed by atoms with Gasteiger partial charge in [0, 0.05) is 44.3 Å². The van der Waals surface area contributed by atoms with Crippen LogP contribution in [-0.4, -0.2) is 97.5 Å². The quantitative estimate of drug-likeness (QED) is 0.284. The van der Waals surface area contributed by atoms with Gasteiger partial charge < -0.3 is 30.3 Å². The van der Waals surface area contributed by atoms with Crippen molar-refractivity contribution in [3.8, 4) is 22.8 Å². The molecule has 0 aliphatic carbocycles. The van der Waals surface area contributed by atoms with Gasteiger partial charge in [0.25, 0.3) is 0 Å². The van der Waals surface area contributed by atoms with Crippen LogP contribution in [-0.2, 0) is 0 Å². The van der Waals surface area contributed by atoms with Crippen LogP contribution in [0.15, 0.2) is 60.9 Å². The number of nitrogens with zero attached hydrogens (tertiary/aromatic N) is 7. The molecule has 0 unspecified atom stereocenters. The van der Waals surface area contributed by atoms with Crippen molar-refractivity contribution >= 4 is 22.9 Å². The Morgan fingerprint density at radius 2 is 1.49 bits per heavy atom. The minimum Gasteiger partial charge on any atom is -0.465 e. The van der Waals surface area contributed by atoms with Crippen LogP contribution in [0, 0.1) is 5.92 Å². The molecule has 0 bridgehead atoms. The van der Waals surface area contributed by atoms with Crippen molar-refractivity contribution in [1.29, 1.82) is 0 Å². The van der Waals surface area contributed by atoms with Crippen molar-refractivity contribution in [2.45, 2.75) is 50.6 Å². The molecule has 3 aliphatic rings. The molecule has 0 radical (unpaired) electrons. The highest BCUT2D eigenvalue weighted by atomic mass is 16.5. The number of benzene rings is 2. The van der Waals surface area contributed by atoms with E-state index in [9.17, 15) is 9.90 Å². The maximum absolute atomic E-state index is 11.2. The van der Waals surface area contributed by atoms with Crippen molar-refractivity contribution < 1.29 is 14.6 Å². The maximum Gasteiger partial charge on any atom is 0.407 e. The number of rotatable bonds is 7. The summed E-state index contributed by atoms with van der Waals surface area (Å²) in [5.74, 6) is 2.72. The monoisotopic (exact) mass is 610 g/mol. The molecule has 0 atom stereocenters. The largest absolute Gasteiger partial charge is 0.465 e. The lowest BCUT2D eigenvalue weighted by atomic mass is 9.92. The Kier molecular flexibility index (Phi) is 8.53. The molecule has 236 valence electrons. The molecule has 0 spiro atoms. The lowest BCUT2D eigenvalue weighted by molar-refractivity contribution is 0.0626. The summed E-state index contributed by atoms with van der Waals surface area (Å²) in [6.07, 6.45) is 7.14. The van der Waals surface area contributed by atoms with Crippen LogP contribution in [0.2, 0.25) is 0 Å². The SMILES string of the molecule is Nc1ncnc2c1c(-c1ccc(Oc3ccccc3)cc1)nn2C1CCN(CC2CCN(C3CCN(C(=O)O)CC3)CC2)CC1. The molecule has 4 aromatic rings. The van der Waals surface area contributed by atoms with Gasteiger partial charge in [-0.15, -0.1) is 0 Å². The van der Waals surface area contributed by atoms with Crippen LogP contribution in [0.4, 0.5) is 10.6 Å². The molecule has 0 saturated carbocycles. The van der Waals surface area contributed by atoms with E-state index in [-0.39, 0.29) is 6.04 Å². The van der Waals surface area contributed by atoms with E-state index in [0.717, 1.165) is 98.1 Å². The summed E-state index contributed by atoms with van der Waals surface area (Å²) in [5.41, 5.74) is 8.96. The topological polar surface area (TPSA) is 126 Å². The van der Waals surface area contributed by atoms with E-state index >= 15 is 0 Å². The highest BCUT2D eigenvalue weighted by molar-refractivity contribution is 5.98. The van der Waals surface area contributed by atoms with Crippen LogP contribution in [0.1, 0.15) is 44.6 Å². The average Bonchev–Trinajstić information content (AvgIpc) is 3.47. The number of nitrogens with two attached hydrogens (primary N) is 1. The molecule has 5 heterocycles. The van der Waals surface area contributed by atoms with Gasteiger partial charge in [0.05, 0.1) is 11.4 Å². The van der Waals surface area contributed by atoms with Crippen LogP contribution in [0.5, 0.6) is 11.5 Å². The fraction of sp³-hybridized carbons (Fsp3) is 0.471. The Morgan fingerprint density at radius 3 is 2.18 bits per heavy atom. The van der Waals surface area contributed by atoms with Gasteiger partial charge in [0.1, 0.15) is 29.3 Å². The van der Waals surface area contributed by atoms with Crippen molar-refractivity contribution in [2.24, 2.45) is 5.92 Å². The summed E-state index contributed by atoms with van der Waals surface area (Å²) in [7, 11) is 0. The van der Waals surface area contributed by atoms with E-state index in [0.29, 0.717) is 24.9 Å². The Labute approximate surface area is 263 Å². The summed E-state index contributed by atoms with van der Waals surface area (Å²) in [5, 5.41) is 15.1. The zero-order valence-corrected chi connectivity index (χ0v) is 25.7. The van der Waals surface area contributed by atoms with Crippen molar-refractivity contribution in [3.05, 3.63) is 60.9 Å². The molecule has 7 rings (SSSR count). The highest BCUT2D eigenvalue weighted by Crippen LogP contribution is 2.35. The summed E-state index contributed by atoms with van der Waals surface area (Å²) in [6.45, 7) is 6.81. The number of hydrogen-bond donors (Lipinski definition) is 2. The number of amides is 1. The normalized spacial score (nSPS) is 19.7. The fourth-order valence-corrected chi connectivity index (χ4v) is 7.39. The molecular weight excluding hydrogens is 568 g/mol. The number of hydrogen-bond acceptors (Lipinski definition) is 8. The number of likely N-dealkylation sites (tertiary alicyclic amines) is 3. The predicted octanol–water partition coefficient (Wildman–Crippen LogP) is 5.36. The minimum absolute atomic E-state index is 0.256. The maximum atomic E-state index is 11.2. The van der Waals surface area contributed by atoms with Crippen LogP contribution in [0.3, 0.4) is 0 Å². The number of ether oxygens (including phenoxy) is 1. The van der Waals surface area contributed by atoms with Gasteiger partial charge in [-0.1, -0.05) is 18.2 Å². The lowest BCUT2D eigenvalue weighted by Crippen LogP contribution is -2.49. The summed E-state index contributed by atoms with van der Waals surface area (Å²) in [4.78, 5) is 27.0. The molecule has 3 N–H and O–H groups in total. The van der Waals surface area contributed by atoms with Crippen LogP contribution < -0.4 is 10.5 Å². The van der Waals surface area contributed by atoms with E-state index in [4.69, 9.17) is 15.6 Å². The van der Waals surface area contributed by atoms with E-state index in [2.05, 4.69) is 24.4 Å².